The number of hydrogen-bond acceptors (Lipinski definition) is 9. The van der Waals surface area contributed by atoms with E-state index in [0.29, 0.717) is 35.3 Å². The smallest absolute Gasteiger partial charge is 0.177 e. The molecule has 3 unspecified atom stereocenters. The minimum absolute atomic E-state index is 0.0657. The second-order valence-corrected chi connectivity index (χ2v) is 11.2. The molecule has 0 spiro atoms. The Hall–Kier alpha value is -3.20. The van der Waals surface area contributed by atoms with Gasteiger partial charge in [0, 0.05) is 50.6 Å². The van der Waals surface area contributed by atoms with Crippen molar-refractivity contribution in [2.45, 2.75) is 63.4 Å². The summed E-state index contributed by atoms with van der Waals surface area (Å²) in [4.78, 5) is 12.4. The van der Waals surface area contributed by atoms with Gasteiger partial charge in [-0.1, -0.05) is 0 Å². The first-order valence-corrected chi connectivity index (χ1v) is 13.9. The van der Waals surface area contributed by atoms with Gasteiger partial charge in [0.25, 0.3) is 0 Å². The average Bonchev–Trinajstić information content (AvgIpc) is 3.63. The maximum atomic E-state index is 10.2. The number of rotatable bonds is 4. The summed E-state index contributed by atoms with van der Waals surface area (Å²) in [6, 6.07) is 7.45. The quantitative estimate of drug-likeness (QED) is 0.517. The van der Waals surface area contributed by atoms with Crippen LogP contribution in [-0.2, 0) is 9.47 Å². The fourth-order valence-corrected chi connectivity index (χ4v) is 6.71. The van der Waals surface area contributed by atoms with Crippen molar-refractivity contribution < 1.29 is 9.47 Å². The molecular weight excluding hydrogens is 482 g/mol. The summed E-state index contributed by atoms with van der Waals surface area (Å²) in [5.41, 5.74) is 2.10. The molecule has 11 nitrogen and oxygen atoms in total. The van der Waals surface area contributed by atoms with Crippen molar-refractivity contribution in [1.82, 2.24) is 29.4 Å². The first-order chi connectivity index (χ1) is 18.6. The molecule has 200 valence electrons. The molecule has 38 heavy (non-hydrogen) atoms. The molecule has 3 aromatic heterocycles. The number of likely N-dealkylation sites (N-methyl/N-ethyl adjacent to an activating group) is 1. The van der Waals surface area contributed by atoms with Crippen LogP contribution in [0.1, 0.15) is 50.9 Å². The lowest BCUT2D eigenvalue weighted by molar-refractivity contribution is -0.0395. The number of pyridine rings is 1. The first-order valence-electron chi connectivity index (χ1n) is 13.9. The Labute approximate surface area is 222 Å². The molecule has 4 fully saturated rings. The van der Waals surface area contributed by atoms with Crippen molar-refractivity contribution in [1.29, 1.82) is 5.26 Å². The van der Waals surface area contributed by atoms with Gasteiger partial charge in [0.1, 0.15) is 18.1 Å². The molecule has 4 aliphatic rings. The number of morpholine rings is 1. The highest BCUT2D eigenvalue weighted by atomic mass is 16.5. The molecular formula is C27H35N9O2. The predicted molar refractivity (Wildman–Crippen MR) is 143 cm³/mol. The summed E-state index contributed by atoms with van der Waals surface area (Å²) >= 11 is 0. The molecule has 0 saturated carbocycles. The molecule has 0 amide bonds. The van der Waals surface area contributed by atoms with E-state index in [-0.39, 0.29) is 6.23 Å². The van der Waals surface area contributed by atoms with Crippen LogP contribution in [0.4, 0.5) is 11.5 Å². The Morgan fingerprint density at radius 3 is 2.63 bits per heavy atom. The van der Waals surface area contributed by atoms with E-state index in [9.17, 15) is 5.26 Å². The number of piperazine rings is 1. The van der Waals surface area contributed by atoms with E-state index in [4.69, 9.17) is 24.7 Å². The van der Waals surface area contributed by atoms with E-state index >= 15 is 0 Å². The lowest BCUT2D eigenvalue weighted by Gasteiger charge is -2.41. The van der Waals surface area contributed by atoms with Crippen LogP contribution in [0.25, 0.3) is 16.9 Å². The van der Waals surface area contributed by atoms with Crippen LogP contribution >= 0.6 is 0 Å². The molecule has 0 radical (unpaired) electrons. The summed E-state index contributed by atoms with van der Waals surface area (Å²) < 4.78 is 15.5. The van der Waals surface area contributed by atoms with Crippen molar-refractivity contribution in [2.24, 2.45) is 0 Å². The summed E-state index contributed by atoms with van der Waals surface area (Å²) in [6.45, 7) is 7.27. The summed E-state index contributed by atoms with van der Waals surface area (Å²) in [7, 11) is 2.16. The number of hydrogen-bond donors (Lipinski definition) is 0. The molecule has 4 atom stereocenters. The molecule has 4 saturated heterocycles. The van der Waals surface area contributed by atoms with Crippen molar-refractivity contribution in [3.63, 3.8) is 0 Å². The highest BCUT2D eigenvalue weighted by Crippen LogP contribution is 2.39. The number of nitriles is 1. The molecule has 2 bridgehead atoms. The fraction of sp³-hybridized carbons (Fsp3) is 0.630. The Morgan fingerprint density at radius 1 is 1.05 bits per heavy atom. The molecule has 3 aromatic rings. The Kier molecular flexibility index (Phi) is 5.98. The van der Waals surface area contributed by atoms with E-state index < -0.39 is 0 Å². The van der Waals surface area contributed by atoms with E-state index in [1.54, 1.807) is 4.68 Å². The molecule has 0 aliphatic carbocycles. The highest BCUT2D eigenvalue weighted by Gasteiger charge is 2.39. The van der Waals surface area contributed by atoms with Crippen LogP contribution in [0.2, 0.25) is 0 Å². The van der Waals surface area contributed by atoms with E-state index in [1.165, 1.54) is 0 Å². The monoisotopic (exact) mass is 517 g/mol. The largest absolute Gasteiger partial charge is 0.377 e. The number of ether oxygens (including phenoxy) is 2. The van der Waals surface area contributed by atoms with Gasteiger partial charge in [-0.3, -0.25) is 0 Å². The van der Waals surface area contributed by atoms with Crippen LogP contribution in [0.5, 0.6) is 0 Å². The van der Waals surface area contributed by atoms with Crippen LogP contribution < -0.4 is 9.80 Å². The third-order valence-corrected chi connectivity index (χ3v) is 8.62. The zero-order valence-corrected chi connectivity index (χ0v) is 22.2. The van der Waals surface area contributed by atoms with Crippen molar-refractivity contribution in [2.75, 3.05) is 56.3 Å². The Bertz CT molecular complexity index is 1350. The van der Waals surface area contributed by atoms with Gasteiger partial charge in [0.15, 0.2) is 17.2 Å². The molecule has 7 rings (SSSR count). The zero-order valence-electron chi connectivity index (χ0n) is 22.2. The number of fused-ring (bicyclic) bond motifs is 3. The maximum Gasteiger partial charge on any atom is 0.177 e. The van der Waals surface area contributed by atoms with Gasteiger partial charge < -0.3 is 24.2 Å². The molecule has 0 aromatic carbocycles. The summed E-state index contributed by atoms with van der Waals surface area (Å²) in [5, 5.41) is 20.6. The van der Waals surface area contributed by atoms with Gasteiger partial charge in [0.2, 0.25) is 0 Å². The number of aromatic nitrogens is 5. The average molecular weight is 518 g/mol. The van der Waals surface area contributed by atoms with Gasteiger partial charge in [0.05, 0.1) is 36.4 Å². The van der Waals surface area contributed by atoms with Gasteiger partial charge in [-0.15, -0.1) is 0 Å². The molecule has 0 N–H and O–H groups in total. The summed E-state index contributed by atoms with van der Waals surface area (Å²) in [6.07, 6.45) is 7.26. The zero-order chi connectivity index (χ0) is 25.8. The minimum atomic E-state index is -0.0657. The Morgan fingerprint density at radius 2 is 1.89 bits per heavy atom. The topological polar surface area (TPSA) is 101 Å². The van der Waals surface area contributed by atoms with Gasteiger partial charge in [-0.25, -0.2) is 9.67 Å². The minimum Gasteiger partial charge on any atom is -0.377 e. The highest BCUT2D eigenvalue weighted by molar-refractivity contribution is 5.96. The SMILES string of the molecule is C[C@@H]1CN(C)CCN1c1cc(N2C3CCC2COC3)nc2c1c(C#N)nn2-c1ccn(C2CCCCO2)n1. The third-order valence-electron chi connectivity index (χ3n) is 8.62. The number of anilines is 2. The molecule has 11 heteroatoms. The van der Waals surface area contributed by atoms with Gasteiger partial charge in [-0.05, 0) is 46.1 Å². The Balaban J connectivity index is 1.39. The number of nitrogens with zero attached hydrogens (tertiary/aromatic N) is 9. The van der Waals surface area contributed by atoms with E-state index in [1.807, 2.05) is 16.9 Å². The van der Waals surface area contributed by atoms with Gasteiger partial charge in [-0.2, -0.15) is 20.1 Å². The maximum absolute atomic E-state index is 10.2. The van der Waals surface area contributed by atoms with Crippen molar-refractivity contribution in [3.05, 3.63) is 24.0 Å². The van der Waals surface area contributed by atoms with Crippen molar-refractivity contribution >= 4 is 22.5 Å². The van der Waals surface area contributed by atoms with Crippen LogP contribution in [-0.4, -0.2) is 94.1 Å². The fourth-order valence-electron chi connectivity index (χ4n) is 6.71. The third kappa shape index (κ3) is 3.94. The molecule has 7 heterocycles. The predicted octanol–water partition coefficient (Wildman–Crippen LogP) is 2.70. The van der Waals surface area contributed by atoms with Crippen LogP contribution in [0, 0.1) is 11.3 Å². The second-order valence-electron chi connectivity index (χ2n) is 11.2. The second kappa shape index (κ2) is 9.52. The van der Waals surface area contributed by atoms with Crippen molar-refractivity contribution in [3.8, 4) is 11.9 Å². The van der Waals surface area contributed by atoms with E-state index in [0.717, 1.165) is 88.5 Å². The van der Waals surface area contributed by atoms with Crippen LogP contribution in [0.15, 0.2) is 18.3 Å². The molecule has 4 aliphatic heterocycles. The standard InChI is InChI=1S/C27H35N9O2/c1-18-15-32(2)10-11-33(18)22-13-24(35-19-6-7-20(35)17-37-16-19)29-27-26(22)21(14-28)30-36(27)23-8-9-34(31-23)25-5-3-4-12-38-25/h8-9,13,18-20,25H,3-7,10-12,15-17H2,1-2H3/t18-,19?,20?,25?/m1/s1. The lowest BCUT2D eigenvalue weighted by atomic mass is 10.1. The normalized spacial score (nSPS) is 28.2. The van der Waals surface area contributed by atoms with E-state index in [2.05, 4.69) is 40.8 Å². The first kappa shape index (κ1) is 23.9. The van der Waals surface area contributed by atoms with Gasteiger partial charge >= 0.3 is 0 Å². The van der Waals surface area contributed by atoms with Crippen LogP contribution in [0.3, 0.4) is 0 Å². The lowest BCUT2D eigenvalue weighted by Crippen LogP contribution is -2.51. The summed E-state index contributed by atoms with van der Waals surface area (Å²) in [5.74, 6) is 1.59.